The number of piperazine rings is 1. The van der Waals surface area contributed by atoms with Crippen LogP contribution in [-0.2, 0) is 9.53 Å². The Morgan fingerprint density at radius 3 is 2.68 bits per heavy atom. The molecule has 3 aliphatic rings. The monoisotopic (exact) mass is 351 g/mol. The van der Waals surface area contributed by atoms with Crippen LogP contribution in [0.1, 0.15) is 58.3 Å². The number of hydrogen-bond donors (Lipinski definition) is 1. The van der Waals surface area contributed by atoms with Gasteiger partial charge in [0.05, 0.1) is 5.54 Å². The van der Waals surface area contributed by atoms with E-state index in [0.29, 0.717) is 25.6 Å². The molecule has 2 heterocycles. The van der Waals surface area contributed by atoms with Crippen molar-refractivity contribution in [3.8, 4) is 0 Å². The Hall–Kier alpha value is -1.30. The number of nitrogens with one attached hydrogen (secondary N) is 1. The van der Waals surface area contributed by atoms with Gasteiger partial charge in [-0.15, -0.1) is 0 Å². The lowest BCUT2D eigenvalue weighted by Crippen LogP contribution is -2.66. The lowest BCUT2D eigenvalue weighted by Gasteiger charge is -2.52. The predicted molar refractivity (Wildman–Crippen MR) is 96.3 cm³/mol. The summed E-state index contributed by atoms with van der Waals surface area (Å²) in [5, 5.41) is 3.09. The Kier molecular flexibility index (Phi) is 6.20. The van der Waals surface area contributed by atoms with Crippen LogP contribution in [0, 0.1) is 5.92 Å². The van der Waals surface area contributed by atoms with Gasteiger partial charge in [0, 0.05) is 46.3 Å². The van der Waals surface area contributed by atoms with E-state index in [-0.39, 0.29) is 17.5 Å². The Labute approximate surface area is 151 Å². The SMILES string of the molecule is CC(=O)N1CCN(C(=O)NCCCC2CCOC2)CC12CCCCC2. The molecule has 0 bridgehead atoms. The minimum absolute atomic E-state index is 0.0378. The maximum atomic E-state index is 12.6. The molecule has 3 fully saturated rings. The third-order valence-electron chi connectivity index (χ3n) is 6.19. The second kappa shape index (κ2) is 8.39. The molecule has 3 amide bonds. The van der Waals surface area contributed by atoms with E-state index in [9.17, 15) is 9.59 Å². The summed E-state index contributed by atoms with van der Waals surface area (Å²) in [5.41, 5.74) is -0.124. The van der Waals surface area contributed by atoms with Gasteiger partial charge in [-0.3, -0.25) is 4.79 Å². The van der Waals surface area contributed by atoms with Crippen LogP contribution in [0.3, 0.4) is 0 Å². The molecule has 0 aromatic heterocycles. The van der Waals surface area contributed by atoms with Crippen molar-refractivity contribution in [3.05, 3.63) is 0 Å². The molecular formula is C19H33N3O3. The van der Waals surface area contributed by atoms with Gasteiger partial charge in [-0.25, -0.2) is 4.79 Å². The van der Waals surface area contributed by atoms with Crippen LogP contribution in [-0.4, -0.2) is 66.7 Å². The van der Waals surface area contributed by atoms with Crippen LogP contribution >= 0.6 is 0 Å². The highest BCUT2D eigenvalue weighted by Gasteiger charge is 2.44. The number of amides is 3. The summed E-state index contributed by atoms with van der Waals surface area (Å²) < 4.78 is 5.40. The van der Waals surface area contributed by atoms with Crippen LogP contribution in [0.25, 0.3) is 0 Å². The first-order chi connectivity index (χ1) is 12.1. The van der Waals surface area contributed by atoms with Crippen LogP contribution in [0.15, 0.2) is 0 Å². The van der Waals surface area contributed by atoms with E-state index in [1.54, 1.807) is 6.92 Å². The van der Waals surface area contributed by atoms with E-state index in [1.807, 2.05) is 9.80 Å². The third kappa shape index (κ3) is 4.46. The van der Waals surface area contributed by atoms with E-state index in [4.69, 9.17) is 4.74 Å². The summed E-state index contributed by atoms with van der Waals surface area (Å²) in [4.78, 5) is 28.6. The third-order valence-corrected chi connectivity index (χ3v) is 6.19. The smallest absolute Gasteiger partial charge is 0.317 e. The van der Waals surface area contributed by atoms with Gasteiger partial charge >= 0.3 is 6.03 Å². The molecule has 0 aromatic rings. The Morgan fingerprint density at radius 1 is 1.20 bits per heavy atom. The number of carbonyl (C=O) groups is 2. The Bertz CT molecular complexity index is 471. The molecule has 0 aromatic carbocycles. The normalized spacial score (nSPS) is 26.0. The molecule has 1 N–H and O–H groups in total. The second-order valence-corrected chi connectivity index (χ2v) is 7.98. The highest BCUT2D eigenvalue weighted by atomic mass is 16.5. The van der Waals surface area contributed by atoms with Gasteiger partial charge in [-0.1, -0.05) is 19.3 Å². The van der Waals surface area contributed by atoms with Crippen molar-refractivity contribution in [1.29, 1.82) is 0 Å². The van der Waals surface area contributed by atoms with Crippen molar-refractivity contribution in [2.75, 3.05) is 39.4 Å². The molecule has 1 saturated carbocycles. The van der Waals surface area contributed by atoms with Crippen molar-refractivity contribution in [2.45, 2.75) is 63.8 Å². The second-order valence-electron chi connectivity index (χ2n) is 7.98. The van der Waals surface area contributed by atoms with Crippen LogP contribution in [0.5, 0.6) is 0 Å². The predicted octanol–water partition coefficient (Wildman–Crippen LogP) is 2.38. The van der Waals surface area contributed by atoms with E-state index in [0.717, 1.165) is 64.7 Å². The Balaban J connectivity index is 1.48. The molecule has 2 aliphatic heterocycles. The van der Waals surface area contributed by atoms with Gasteiger partial charge in [0.15, 0.2) is 0 Å². The summed E-state index contributed by atoms with van der Waals surface area (Å²) in [6.45, 7) is 6.16. The van der Waals surface area contributed by atoms with E-state index < -0.39 is 0 Å². The largest absolute Gasteiger partial charge is 0.381 e. The first kappa shape index (κ1) is 18.5. The zero-order valence-electron chi connectivity index (χ0n) is 15.6. The average molecular weight is 351 g/mol. The summed E-state index contributed by atoms with van der Waals surface area (Å²) >= 11 is 0. The zero-order valence-corrected chi connectivity index (χ0v) is 15.6. The quantitative estimate of drug-likeness (QED) is 0.791. The maximum Gasteiger partial charge on any atom is 0.317 e. The lowest BCUT2D eigenvalue weighted by molar-refractivity contribution is -0.141. The average Bonchev–Trinajstić information content (AvgIpc) is 3.12. The number of carbonyl (C=O) groups excluding carboxylic acids is 2. The molecule has 1 aliphatic carbocycles. The molecule has 6 nitrogen and oxygen atoms in total. The molecule has 1 spiro atoms. The molecule has 1 atom stereocenters. The fourth-order valence-electron chi connectivity index (χ4n) is 4.79. The molecule has 142 valence electrons. The lowest BCUT2D eigenvalue weighted by atomic mass is 9.78. The fraction of sp³-hybridized carbons (Fsp3) is 0.895. The molecular weight excluding hydrogens is 318 g/mol. The van der Waals surface area contributed by atoms with Gasteiger partial charge in [-0.05, 0) is 38.0 Å². The van der Waals surface area contributed by atoms with Crippen molar-refractivity contribution >= 4 is 11.9 Å². The van der Waals surface area contributed by atoms with Gasteiger partial charge in [0.2, 0.25) is 5.91 Å². The number of nitrogens with zero attached hydrogens (tertiary/aromatic N) is 2. The van der Waals surface area contributed by atoms with Crippen LogP contribution in [0.4, 0.5) is 4.79 Å². The topological polar surface area (TPSA) is 61.9 Å². The van der Waals surface area contributed by atoms with Gasteiger partial charge < -0.3 is 19.9 Å². The van der Waals surface area contributed by atoms with Crippen LogP contribution in [0.2, 0.25) is 0 Å². The number of hydrogen-bond acceptors (Lipinski definition) is 3. The molecule has 3 rings (SSSR count). The first-order valence-corrected chi connectivity index (χ1v) is 9.99. The summed E-state index contributed by atoms with van der Waals surface area (Å²) in [6.07, 6.45) is 8.90. The van der Waals surface area contributed by atoms with Crippen LogP contribution < -0.4 is 5.32 Å². The minimum Gasteiger partial charge on any atom is -0.381 e. The van der Waals surface area contributed by atoms with E-state index in [1.165, 1.54) is 6.42 Å². The van der Waals surface area contributed by atoms with Gasteiger partial charge in [-0.2, -0.15) is 0 Å². The standard InChI is InChI=1S/C19H33N3O3/c1-16(23)22-12-11-21(15-19(22)8-3-2-4-9-19)18(24)20-10-5-6-17-7-13-25-14-17/h17H,2-15H2,1H3,(H,20,24). The maximum absolute atomic E-state index is 12.6. The van der Waals surface area contributed by atoms with Gasteiger partial charge in [0.1, 0.15) is 0 Å². The van der Waals surface area contributed by atoms with E-state index >= 15 is 0 Å². The summed E-state index contributed by atoms with van der Waals surface area (Å²) in [6, 6.07) is 0.0378. The highest BCUT2D eigenvalue weighted by Crippen LogP contribution is 2.36. The summed E-state index contributed by atoms with van der Waals surface area (Å²) in [7, 11) is 0. The fourth-order valence-corrected chi connectivity index (χ4v) is 4.79. The van der Waals surface area contributed by atoms with Gasteiger partial charge in [0.25, 0.3) is 0 Å². The summed E-state index contributed by atoms with van der Waals surface area (Å²) in [5.74, 6) is 0.822. The Morgan fingerprint density at radius 2 is 2.00 bits per heavy atom. The molecule has 6 heteroatoms. The van der Waals surface area contributed by atoms with E-state index in [2.05, 4.69) is 5.32 Å². The number of urea groups is 1. The molecule has 2 saturated heterocycles. The van der Waals surface area contributed by atoms with Crippen molar-refractivity contribution in [3.63, 3.8) is 0 Å². The zero-order chi connectivity index (χ0) is 17.7. The van der Waals surface area contributed by atoms with Crippen molar-refractivity contribution in [2.24, 2.45) is 5.92 Å². The number of ether oxygens (including phenoxy) is 1. The molecule has 25 heavy (non-hydrogen) atoms. The number of rotatable bonds is 4. The molecule has 0 radical (unpaired) electrons. The first-order valence-electron chi connectivity index (χ1n) is 9.99. The highest BCUT2D eigenvalue weighted by molar-refractivity contribution is 5.77. The van der Waals surface area contributed by atoms with Crippen molar-refractivity contribution in [1.82, 2.24) is 15.1 Å². The minimum atomic E-state index is -0.124. The molecule has 1 unspecified atom stereocenters. The van der Waals surface area contributed by atoms with Crippen molar-refractivity contribution < 1.29 is 14.3 Å².